The maximum Gasteiger partial charge on any atom is 0.319 e. The van der Waals surface area contributed by atoms with Crippen LogP contribution in [0.2, 0.25) is 0 Å². The van der Waals surface area contributed by atoms with Crippen molar-refractivity contribution < 1.29 is 4.79 Å². The third-order valence-corrected chi connectivity index (χ3v) is 4.20. The van der Waals surface area contributed by atoms with Crippen molar-refractivity contribution in [1.29, 1.82) is 0 Å². The smallest absolute Gasteiger partial charge is 0.319 e. The number of hydrogen-bond acceptors (Lipinski definition) is 6. The van der Waals surface area contributed by atoms with Gasteiger partial charge in [0.1, 0.15) is 16.9 Å². The van der Waals surface area contributed by atoms with Gasteiger partial charge in [-0.3, -0.25) is 4.98 Å². The number of nitrogens with zero attached hydrogens (tertiary/aromatic N) is 5. The molecule has 0 spiro atoms. The summed E-state index contributed by atoms with van der Waals surface area (Å²) in [5.74, 6) is 0.839. The molecule has 2 aromatic heterocycles. The molecule has 0 radical (unpaired) electrons. The largest absolute Gasteiger partial charge is 0.353 e. The Hall–Kier alpha value is -3.23. The van der Waals surface area contributed by atoms with Gasteiger partial charge in [0.2, 0.25) is 0 Å². The quantitative estimate of drug-likeness (QED) is 0.668. The van der Waals surface area contributed by atoms with Gasteiger partial charge in [0, 0.05) is 37.2 Å². The first-order valence-electron chi connectivity index (χ1n) is 8.17. The average Bonchev–Trinajstić information content (AvgIpc) is 3.10. The van der Waals surface area contributed by atoms with E-state index in [-0.39, 0.29) is 12.1 Å². The number of benzene rings is 1. The average molecular weight is 338 g/mol. The van der Waals surface area contributed by atoms with Gasteiger partial charge in [-0.1, -0.05) is 0 Å². The maximum absolute atomic E-state index is 12.3. The van der Waals surface area contributed by atoms with Crippen molar-refractivity contribution in [3.05, 3.63) is 36.8 Å². The number of carbonyl (C=O) groups excluding carboxylic acids is 1. The van der Waals surface area contributed by atoms with Crippen LogP contribution in [-0.2, 0) is 0 Å². The van der Waals surface area contributed by atoms with Gasteiger partial charge in [-0.05, 0) is 31.0 Å². The highest BCUT2D eigenvalue weighted by atomic mass is 16.2. The van der Waals surface area contributed by atoms with Crippen LogP contribution in [-0.4, -0.2) is 50.5 Å². The second kappa shape index (κ2) is 6.71. The summed E-state index contributed by atoms with van der Waals surface area (Å²) in [6.07, 6.45) is 7.01. The number of urea groups is 1. The molecule has 1 aliphatic heterocycles. The molecule has 3 N–H and O–H groups in total. The van der Waals surface area contributed by atoms with E-state index >= 15 is 0 Å². The number of aromatic amines is 1. The Labute approximate surface area is 143 Å². The van der Waals surface area contributed by atoms with Gasteiger partial charge in [0.05, 0.1) is 6.20 Å². The number of H-pyrrole nitrogens is 1. The second-order valence-electron chi connectivity index (χ2n) is 5.97. The molecule has 0 aliphatic carbocycles. The first-order valence-corrected chi connectivity index (χ1v) is 8.17. The highest BCUT2D eigenvalue weighted by Crippen LogP contribution is 2.17. The Kier molecular flexibility index (Phi) is 4.11. The Morgan fingerprint density at radius 3 is 3.04 bits per heavy atom. The molecule has 0 bridgehead atoms. The fraction of sp³-hybridized carbons (Fsp3) is 0.312. The van der Waals surface area contributed by atoms with Crippen LogP contribution in [0.3, 0.4) is 0 Å². The molecule has 25 heavy (non-hydrogen) atoms. The van der Waals surface area contributed by atoms with Gasteiger partial charge >= 0.3 is 6.03 Å². The topological polar surface area (TPSA) is 112 Å². The van der Waals surface area contributed by atoms with E-state index in [2.05, 4.69) is 40.9 Å². The van der Waals surface area contributed by atoms with Gasteiger partial charge in [0.15, 0.2) is 0 Å². The number of amides is 2. The number of anilines is 2. The number of rotatable bonds is 3. The molecule has 0 unspecified atom stereocenters. The van der Waals surface area contributed by atoms with Crippen LogP contribution < -0.4 is 15.5 Å². The molecule has 128 valence electrons. The standard InChI is InChI=1S/C16H18N8O/c25-16(19-11-3-4-13-14(8-11)22-23-21-13)20-12-2-1-7-24(10-12)15-9-17-5-6-18-15/h3-6,8-9,12H,1-2,7,10H2,(H2,19,20,25)(H,21,22,23)/t12-/m1/s1. The molecule has 1 saturated heterocycles. The number of hydrogen-bond donors (Lipinski definition) is 3. The number of nitrogens with one attached hydrogen (secondary N) is 3. The molecule has 3 aromatic rings. The van der Waals surface area contributed by atoms with E-state index in [4.69, 9.17) is 0 Å². The van der Waals surface area contributed by atoms with Crippen molar-refractivity contribution in [2.24, 2.45) is 0 Å². The lowest BCUT2D eigenvalue weighted by molar-refractivity contribution is 0.246. The summed E-state index contributed by atoms with van der Waals surface area (Å²) in [7, 11) is 0. The van der Waals surface area contributed by atoms with Gasteiger partial charge in [-0.25, -0.2) is 9.78 Å². The number of aromatic nitrogens is 5. The molecule has 1 aliphatic rings. The Balaban J connectivity index is 1.36. The van der Waals surface area contributed by atoms with Crippen molar-refractivity contribution in [2.45, 2.75) is 18.9 Å². The predicted molar refractivity (Wildman–Crippen MR) is 93.3 cm³/mol. The molecule has 1 atom stereocenters. The molecule has 0 saturated carbocycles. The Morgan fingerprint density at radius 1 is 1.24 bits per heavy atom. The Bertz CT molecular complexity index is 865. The van der Waals surface area contributed by atoms with E-state index in [1.807, 2.05) is 6.07 Å². The molecular formula is C16H18N8O. The molecule has 9 heteroatoms. The minimum absolute atomic E-state index is 0.0616. The van der Waals surface area contributed by atoms with Crippen LogP contribution in [0.5, 0.6) is 0 Å². The van der Waals surface area contributed by atoms with Crippen LogP contribution >= 0.6 is 0 Å². The highest BCUT2D eigenvalue weighted by molar-refractivity contribution is 5.91. The summed E-state index contributed by atoms with van der Waals surface area (Å²) in [5, 5.41) is 16.4. The Morgan fingerprint density at radius 2 is 2.16 bits per heavy atom. The predicted octanol–water partition coefficient (Wildman–Crippen LogP) is 1.54. The summed E-state index contributed by atoms with van der Waals surface area (Å²) < 4.78 is 0. The van der Waals surface area contributed by atoms with Crippen molar-refractivity contribution in [3.63, 3.8) is 0 Å². The third kappa shape index (κ3) is 3.49. The molecule has 4 rings (SSSR count). The lowest BCUT2D eigenvalue weighted by Gasteiger charge is -2.33. The zero-order chi connectivity index (χ0) is 17.1. The first-order chi connectivity index (χ1) is 12.3. The van der Waals surface area contributed by atoms with Crippen LogP contribution in [0.15, 0.2) is 36.8 Å². The monoisotopic (exact) mass is 338 g/mol. The normalized spacial score (nSPS) is 17.4. The van der Waals surface area contributed by atoms with Gasteiger partial charge in [-0.2, -0.15) is 15.4 Å². The first kappa shape index (κ1) is 15.3. The number of carbonyl (C=O) groups is 1. The summed E-state index contributed by atoms with van der Waals surface area (Å²) in [5.41, 5.74) is 2.16. The fourth-order valence-electron chi connectivity index (χ4n) is 3.03. The van der Waals surface area contributed by atoms with Crippen molar-refractivity contribution >= 4 is 28.6 Å². The summed E-state index contributed by atoms with van der Waals surface area (Å²) in [6.45, 7) is 1.63. The second-order valence-corrected chi connectivity index (χ2v) is 5.97. The minimum Gasteiger partial charge on any atom is -0.353 e. The molecule has 3 heterocycles. The maximum atomic E-state index is 12.3. The highest BCUT2D eigenvalue weighted by Gasteiger charge is 2.22. The van der Waals surface area contributed by atoms with Crippen LogP contribution in [0.25, 0.3) is 11.0 Å². The lowest BCUT2D eigenvalue weighted by atomic mass is 10.1. The van der Waals surface area contributed by atoms with Crippen LogP contribution in [0, 0.1) is 0 Å². The minimum atomic E-state index is -0.228. The van der Waals surface area contributed by atoms with Crippen LogP contribution in [0.4, 0.5) is 16.3 Å². The zero-order valence-electron chi connectivity index (χ0n) is 13.5. The molecule has 2 amide bonds. The SMILES string of the molecule is O=C(Nc1ccc2n[nH]nc2c1)N[C@@H]1CCCN(c2cnccn2)C1. The zero-order valence-corrected chi connectivity index (χ0v) is 13.5. The molecular weight excluding hydrogens is 320 g/mol. The summed E-state index contributed by atoms with van der Waals surface area (Å²) in [6, 6.07) is 5.23. The lowest BCUT2D eigenvalue weighted by Crippen LogP contribution is -2.49. The van der Waals surface area contributed by atoms with E-state index < -0.39 is 0 Å². The molecule has 9 nitrogen and oxygen atoms in total. The van der Waals surface area contributed by atoms with E-state index in [9.17, 15) is 4.79 Å². The van der Waals surface area contributed by atoms with Gasteiger partial charge < -0.3 is 15.5 Å². The van der Waals surface area contributed by atoms with Crippen molar-refractivity contribution in [3.8, 4) is 0 Å². The van der Waals surface area contributed by atoms with Crippen molar-refractivity contribution in [1.82, 2.24) is 30.7 Å². The van der Waals surface area contributed by atoms with Crippen molar-refractivity contribution in [2.75, 3.05) is 23.3 Å². The van der Waals surface area contributed by atoms with E-state index in [1.54, 1.807) is 30.7 Å². The van der Waals surface area contributed by atoms with E-state index in [1.165, 1.54) is 0 Å². The van der Waals surface area contributed by atoms with E-state index in [0.29, 0.717) is 17.7 Å². The van der Waals surface area contributed by atoms with E-state index in [0.717, 1.165) is 30.7 Å². The van der Waals surface area contributed by atoms with Gasteiger partial charge in [0.25, 0.3) is 0 Å². The number of piperidine rings is 1. The third-order valence-electron chi connectivity index (χ3n) is 4.20. The molecule has 1 fully saturated rings. The van der Waals surface area contributed by atoms with Crippen LogP contribution in [0.1, 0.15) is 12.8 Å². The molecule has 1 aromatic carbocycles. The summed E-state index contributed by atoms with van der Waals surface area (Å²) >= 11 is 0. The fourth-order valence-corrected chi connectivity index (χ4v) is 3.03. The summed E-state index contributed by atoms with van der Waals surface area (Å²) in [4.78, 5) is 22.9. The number of fused-ring (bicyclic) bond motifs is 1. The van der Waals surface area contributed by atoms with Gasteiger partial charge in [-0.15, -0.1) is 0 Å².